The van der Waals surface area contributed by atoms with Crippen LogP contribution in [-0.2, 0) is 17.3 Å². The maximum absolute atomic E-state index is 13.6. The number of hydrogen-bond acceptors (Lipinski definition) is 7. The Morgan fingerprint density at radius 2 is 1.51 bits per heavy atom. The summed E-state index contributed by atoms with van der Waals surface area (Å²) in [5, 5.41) is 12.6. The van der Waals surface area contributed by atoms with Crippen molar-refractivity contribution in [3.63, 3.8) is 0 Å². The minimum Gasteiger partial charge on any atom is -0.445 e. The molecule has 12 nitrogen and oxygen atoms in total. The molecular weight excluding hydrogens is 576 g/mol. The minimum atomic E-state index is -0.849. The second kappa shape index (κ2) is 11.8. The summed E-state index contributed by atoms with van der Waals surface area (Å²) in [5.41, 5.74) is 0.174. The molecule has 3 N–H and O–H groups in total. The number of aryl methyl sites for hydroxylation is 1. The molecule has 0 saturated heterocycles. The molecular formula is C33H34N6O6. The van der Waals surface area contributed by atoms with Crippen molar-refractivity contribution in [3.05, 3.63) is 102 Å². The van der Waals surface area contributed by atoms with Crippen LogP contribution in [0.15, 0.2) is 83.4 Å². The Balaban J connectivity index is 1.47. The number of para-hydroxylation sites is 1. The van der Waals surface area contributed by atoms with E-state index in [-0.39, 0.29) is 33.9 Å². The van der Waals surface area contributed by atoms with Gasteiger partial charge in [0.2, 0.25) is 0 Å². The fourth-order valence-electron chi connectivity index (χ4n) is 4.67. The number of aromatic nitrogens is 3. The van der Waals surface area contributed by atoms with Gasteiger partial charge >= 0.3 is 6.09 Å². The lowest BCUT2D eigenvalue weighted by atomic mass is 9.94. The molecule has 0 aliphatic heterocycles. The van der Waals surface area contributed by atoms with Gasteiger partial charge in [-0.25, -0.2) is 4.79 Å². The molecule has 0 aliphatic carbocycles. The van der Waals surface area contributed by atoms with E-state index in [2.05, 4.69) is 21.0 Å². The van der Waals surface area contributed by atoms with E-state index < -0.39 is 35.0 Å². The summed E-state index contributed by atoms with van der Waals surface area (Å²) in [4.78, 5) is 52.9. The lowest BCUT2D eigenvalue weighted by Crippen LogP contribution is -2.40. The predicted molar refractivity (Wildman–Crippen MR) is 168 cm³/mol. The van der Waals surface area contributed by atoms with Gasteiger partial charge in [-0.2, -0.15) is 4.68 Å². The van der Waals surface area contributed by atoms with Crippen LogP contribution in [0.2, 0.25) is 0 Å². The maximum atomic E-state index is 13.6. The lowest BCUT2D eigenvalue weighted by molar-refractivity contribution is 0.0522. The molecule has 3 aromatic heterocycles. The molecule has 3 amide bonds. The second-order valence-corrected chi connectivity index (χ2v) is 12.0. The van der Waals surface area contributed by atoms with Crippen LogP contribution < -0.4 is 16.0 Å². The Hall–Kier alpha value is -5.65. The molecule has 5 aromatic rings. The van der Waals surface area contributed by atoms with Gasteiger partial charge in [0.15, 0.2) is 17.2 Å². The van der Waals surface area contributed by atoms with Gasteiger partial charge in [-0.3, -0.25) is 14.4 Å². The third-order valence-electron chi connectivity index (χ3n) is 6.90. The highest BCUT2D eigenvalue weighted by Crippen LogP contribution is 2.30. The van der Waals surface area contributed by atoms with Crippen LogP contribution in [0.1, 0.15) is 71.6 Å². The highest BCUT2D eigenvalue weighted by atomic mass is 16.6. The first-order valence-electron chi connectivity index (χ1n) is 14.2. The topological polar surface area (TPSA) is 149 Å². The number of furan rings is 1. The fraction of sp³-hybridized carbons (Fsp3) is 0.242. The SMILES string of the molecule is Cn1cccc1C(=O)Nc1ccccc1C(=O)Nc1nn(C(=O)OC(C)(C)C)c2cc(C(=O)NC(C)(C)c3ccccc3)oc12. The van der Waals surface area contributed by atoms with Crippen LogP contribution in [-0.4, -0.2) is 43.8 Å². The van der Waals surface area contributed by atoms with E-state index in [0.717, 1.165) is 10.2 Å². The van der Waals surface area contributed by atoms with Crippen LogP contribution in [0.5, 0.6) is 0 Å². The Morgan fingerprint density at radius 1 is 0.822 bits per heavy atom. The Kier molecular flexibility index (Phi) is 8.07. The zero-order valence-corrected chi connectivity index (χ0v) is 25.8. The molecule has 45 heavy (non-hydrogen) atoms. The van der Waals surface area contributed by atoms with E-state index in [1.807, 2.05) is 44.2 Å². The smallest absolute Gasteiger partial charge is 0.435 e. The monoisotopic (exact) mass is 610 g/mol. The molecule has 0 unspecified atom stereocenters. The summed E-state index contributed by atoms with van der Waals surface area (Å²) in [6.45, 7) is 8.81. The Bertz CT molecular complexity index is 1910. The fourth-order valence-corrected chi connectivity index (χ4v) is 4.67. The summed E-state index contributed by atoms with van der Waals surface area (Å²) in [6.07, 6.45) is 0.904. The van der Waals surface area contributed by atoms with Crippen molar-refractivity contribution in [1.29, 1.82) is 0 Å². The number of benzene rings is 2. The zero-order chi connectivity index (χ0) is 32.5. The van der Waals surface area contributed by atoms with Gasteiger partial charge in [-0.1, -0.05) is 42.5 Å². The highest BCUT2D eigenvalue weighted by Gasteiger charge is 2.30. The summed E-state index contributed by atoms with van der Waals surface area (Å²) in [5.74, 6) is -1.80. The summed E-state index contributed by atoms with van der Waals surface area (Å²) < 4.78 is 14.0. The average molecular weight is 611 g/mol. The van der Waals surface area contributed by atoms with Crippen LogP contribution in [0.4, 0.5) is 16.3 Å². The van der Waals surface area contributed by atoms with Crippen LogP contribution in [0.3, 0.4) is 0 Å². The van der Waals surface area contributed by atoms with Gasteiger partial charge in [0.1, 0.15) is 16.8 Å². The van der Waals surface area contributed by atoms with Crippen molar-refractivity contribution in [3.8, 4) is 0 Å². The number of carbonyl (C=O) groups excluding carboxylic acids is 4. The van der Waals surface area contributed by atoms with E-state index in [1.165, 1.54) is 12.1 Å². The largest absolute Gasteiger partial charge is 0.445 e. The Labute approximate surface area is 259 Å². The number of ether oxygens (including phenoxy) is 1. The molecule has 3 heterocycles. The first-order chi connectivity index (χ1) is 21.2. The molecule has 0 spiro atoms. The predicted octanol–water partition coefficient (Wildman–Crippen LogP) is 5.92. The number of nitrogens with zero attached hydrogens (tertiary/aromatic N) is 3. The van der Waals surface area contributed by atoms with E-state index in [9.17, 15) is 19.2 Å². The molecule has 2 aromatic carbocycles. The van der Waals surface area contributed by atoms with Gasteiger partial charge in [-0.05, 0) is 64.4 Å². The second-order valence-electron chi connectivity index (χ2n) is 12.0. The minimum absolute atomic E-state index is 0.0118. The number of carbonyl (C=O) groups is 4. The molecule has 0 bridgehead atoms. The van der Waals surface area contributed by atoms with E-state index >= 15 is 0 Å². The first kappa shape index (κ1) is 30.8. The molecule has 232 valence electrons. The van der Waals surface area contributed by atoms with Crippen molar-refractivity contribution >= 4 is 46.4 Å². The highest BCUT2D eigenvalue weighted by molar-refractivity contribution is 6.14. The lowest BCUT2D eigenvalue weighted by Gasteiger charge is -2.26. The zero-order valence-electron chi connectivity index (χ0n) is 25.8. The van der Waals surface area contributed by atoms with Crippen LogP contribution in [0, 0.1) is 0 Å². The third kappa shape index (κ3) is 6.64. The molecule has 5 rings (SSSR count). The maximum Gasteiger partial charge on any atom is 0.435 e. The number of rotatable bonds is 7. The molecule has 0 atom stereocenters. The molecule has 0 radical (unpaired) electrons. The number of nitrogens with one attached hydrogen (secondary N) is 3. The number of anilines is 2. The van der Waals surface area contributed by atoms with Crippen molar-refractivity contribution in [2.75, 3.05) is 10.6 Å². The molecule has 12 heteroatoms. The van der Waals surface area contributed by atoms with Gasteiger partial charge in [0.05, 0.1) is 16.8 Å². The Morgan fingerprint density at radius 3 is 2.18 bits per heavy atom. The van der Waals surface area contributed by atoms with Gasteiger partial charge < -0.3 is 29.7 Å². The number of amides is 3. The quantitative estimate of drug-likeness (QED) is 0.207. The van der Waals surface area contributed by atoms with Gasteiger partial charge in [0, 0.05) is 19.3 Å². The van der Waals surface area contributed by atoms with Crippen LogP contribution >= 0.6 is 0 Å². The number of fused-ring (bicyclic) bond motifs is 1. The summed E-state index contributed by atoms with van der Waals surface area (Å²) >= 11 is 0. The van der Waals surface area contributed by atoms with Crippen molar-refractivity contribution in [2.45, 2.75) is 45.8 Å². The average Bonchev–Trinajstić information content (AvgIpc) is 3.69. The van der Waals surface area contributed by atoms with Gasteiger partial charge in [-0.15, -0.1) is 5.10 Å². The van der Waals surface area contributed by atoms with Crippen molar-refractivity contribution in [1.82, 2.24) is 19.7 Å². The van der Waals surface area contributed by atoms with E-state index in [0.29, 0.717) is 5.69 Å². The summed E-state index contributed by atoms with van der Waals surface area (Å²) in [6, 6.07) is 20.6. The molecule has 0 saturated carbocycles. The van der Waals surface area contributed by atoms with Crippen molar-refractivity contribution < 1.29 is 28.3 Å². The van der Waals surface area contributed by atoms with Crippen LogP contribution in [0.25, 0.3) is 11.1 Å². The van der Waals surface area contributed by atoms with Gasteiger partial charge in [0.25, 0.3) is 17.7 Å². The van der Waals surface area contributed by atoms with E-state index in [4.69, 9.17) is 9.15 Å². The van der Waals surface area contributed by atoms with E-state index in [1.54, 1.807) is 68.9 Å². The third-order valence-corrected chi connectivity index (χ3v) is 6.90. The normalized spacial score (nSPS) is 11.7. The summed E-state index contributed by atoms with van der Waals surface area (Å²) in [7, 11) is 1.74. The standard InChI is InChI=1S/C33H34N6O6/c1-32(2,3)45-31(43)39-24-19-25(30(42)36-33(4,5)20-13-8-7-9-14-20)44-26(24)27(37-39)35-28(40)21-15-10-11-16-22(21)34-29(41)23-17-12-18-38(23)6/h7-19H,1-6H3,(H,34,41)(H,36,42)(H,35,37,40). The number of hydrogen-bond donors (Lipinski definition) is 3. The first-order valence-corrected chi connectivity index (χ1v) is 14.2. The molecule has 0 aliphatic rings. The van der Waals surface area contributed by atoms with Crippen molar-refractivity contribution in [2.24, 2.45) is 7.05 Å². The molecule has 0 fully saturated rings.